The molecule has 1 aliphatic rings. The van der Waals surface area contributed by atoms with Crippen molar-refractivity contribution in [3.05, 3.63) is 87.4 Å². The third-order valence-corrected chi connectivity index (χ3v) is 8.22. The first-order chi connectivity index (χ1) is 19.9. The summed E-state index contributed by atoms with van der Waals surface area (Å²) < 4.78 is 24.8. The van der Waals surface area contributed by atoms with Crippen molar-refractivity contribution in [3.63, 3.8) is 0 Å². The standard InChI is InChI=1S/C32H40FN3O4S/c1-3-4-18-40-29-11-7-27(8-12-29)32(38)35(15-14-34-16-19-39-20-17-34)24-31(37)36(23-30-25(2)13-21-41-30)22-26-5-9-28(33)10-6-26/h5-13,21H,3-4,14-20,22-24H2,1-2H3. The highest BCUT2D eigenvalue weighted by Gasteiger charge is 2.24. The van der Waals surface area contributed by atoms with Crippen molar-refractivity contribution in [1.82, 2.24) is 14.7 Å². The summed E-state index contributed by atoms with van der Waals surface area (Å²) in [5.41, 5.74) is 2.47. The highest BCUT2D eigenvalue weighted by molar-refractivity contribution is 7.10. The number of halogens is 1. The Bertz CT molecular complexity index is 1240. The molecule has 41 heavy (non-hydrogen) atoms. The molecule has 4 rings (SSSR count). The average molecular weight is 582 g/mol. The van der Waals surface area contributed by atoms with Crippen molar-refractivity contribution >= 4 is 23.2 Å². The minimum Gasteiger partial charge on any atom is -0.494 e. The summed E-state index contributed by atoms with van der Waals surface area (Å²) in [6.07, 6.45) is 2.02. The summed E-state index contributed by atoms with van der Waals surface area (Å²) >= 11 is 1.60. The van der Waals surface area contributed by atoms with Crippen molar-refractivity contribution in [2.45, 2.75) is 39.8 Å². The van der Waals surface area contributed by atoms with E-state index in [4.69, 9.17) is 9.47 Å². The van der Waals surface area contributed by atoms with Gasteiger partial charge in [-0.1, -0.05) is 25.5 Å². The summed E-state index contributed by atoms with van der Waals surface area (Å²) in [7, 11) is 0. The smallest absolute Gasteiger partial charge is 0.254 e. The van der Waals surface area contributed by atoms with Crippen molar-refractivity contribution in [2.24, 2.45) is 0 Å². The number of benzene rings is 2. The largest absolute Gasteiger partial charge is 0.494 e. The molecule has 2 heterocycles. The molecule has 0 N–H and O–H groups in total. The van der Waals surface area contributed by atoms with E-state index in [1.165, 1.54) is 12.1 Å². The first kappa shape index (κ1) is 30.7. The normalized spacial score (nSPS) is 13.6. The van der Waals surface area contributed by atoms with Gasteiger partial charge < -0.3 is 19.3 Å². The van der Waals surface area contributed by atoms with Gasteiger partial charge in [-0.25, -0.2) is 4.39 Å². The molecule has 1 fully saturated rings. The Balaban J connectivity index is 1.51. The van der Waals surface area contributed by atoms with Crippen LogP contribution in [0.15, 0.2) is 60.0 Å². The van der Waals surface area contributed by atoms with Gasteiger partial charge in [0.25, 0.3) is 5.91 Å². The number of hydrogen-bond donors (Lipinski definition) is 0. The molecule has 1 saturated heterocycles. The Hall–Kier alpha value is -3.27. The van der Waals surface area contributed by atoms with Crippen LogP contribution in [0.2, 0.25) is 0 Å². The lowest BCUT2D eigenvalue weighted by atomic mass is 10.1. The Morgan fingerprint density at radius 2 is 1.73 bits per heavy atom. The third-order valence-electron chi connectivity index (χ3n) is 7.21. The molecule has 0 bridgehead atoms. The molecule has 0 spiro atoms. The SMILES string of the molecule is CCCCOc1ccc(C(=O)N(CCN2CCOCC2)CC(=O)N(Cc2ccc(F)cc2)Cc2sccc2C)cc1. The molecule has 2 aromatic carbocycles. The second kappa shape index (κ2) is 15.7. The Morgan fingerprint density at radius 3 is 2.39 bits per heavy atom. The zero-order chi connectivity index (χ0) is 29.0. The van der Waals surface area contributed by atoms with Crippen LogP contribution in [0.5, 0.6) is 5.75 Å². The lowest BCUT2D eigenvalue weighted by Crippen LogP contribution is -2.47. The van der Waals surface area contributed by atoms with Crippen molar-refractivity contribution in [3.8, 4) is 5.75 Å². The lowest BCUT2D eigenvalue weighted by molar-refractivity contribution is -0.133. The number of morpholine rings is 1. The van der Waals surface area contributed by atoms with Gasteiger partial charge in [0.05, 0.1) is 26.4 Å². The van der Waals surface area contributed by atoms with E-state index in [2.05, 4.69) is 11.8 Å². The zero-order valence-electron chi connectivity index (χ0n) is 24.0. The van der Waals surface area contributed by atoms with Gasteiger partial charge >= 0.3 is 0 Å². The number of aryl methyl sites for hydroxylation is 1. The van der Waals surface area contributed by atoms with Crippen LogP contribution in [0.3, 0.4) is 0 Å². The van der Waals surface area contributed by atoms with Crippen molar-refractivity contribution < 1.29 is 23.5 Å². The fourth-order valence-electron chi connectivity index (χ4n) is 4.60. The van der Waals surface area contributed by atoms with E-state index in [-0.39, 0.29) is 24.2 Å². The second-order valence-corrected chi connectivity index (χ2v) is 11.3. The monoisotopic (exact) mass is 581 g/mol. The minimum atomic E-state index is -0.317. The highest BCUT2D eigenvalue weighted by Crippen LogP contribution is 2.21. The number of hydrogen-bond acceptors (Lipinski definition) is 6. The molecule has 0 unspecified atom stereocenters. The summed E-state index contributed by atoms with van der Waals surface area (Å²) in [5.74, 6) is 0.0582. The van der Waals surface area contributed by atoms with Crippen LogP contribution in [-0.2, 0) is 22.6 Å². The van der Waals surface area contributed by atoms with Crippen LogP contribution in [0.25, 0.3) is 0 Å². The lowest BCUT2D eigenvalue weighted by Gasteiger charge is -2.31. The topological polar surface area (TPSA) is 62.3 Å². The van der Waals surface area contributed by atoms with Gasteiger partial charge in [0.2, 0.25) is 5.91 Å². The Kier molecular flexibility index (Phi) is 11.7. The number of ether oxygens (including phenoxy) is 2. The maximum Gasteiger partial charge on any atom is 0.254 e. The number of thiophene rings is 1. The molecular formula is C32H40FN3O4S. The first-order valence-corrected chi connectivity index (χ1v) is 15.2. The number of nitrogens with zero attached hydrogens (tertiary/aromatic N) is 3. The van der Waals surface area contributed by atoms with E-state index in [9.17, 15) is 14.0 Å². The van der Waals surface area contributed by atoms with E-state index in [0.717, 1.165) is 47.7 Å². The third kappa shape index (κ3) is 9.38. The Morgan fingerprint density at radius 1 is 1.00 bits per heavy atom. The van der Waals surface area contributed by atoms with E-state index in [1.807, 2.05) is 30.5 Å². The fraction of sp³-hybridized carbons (Fsp3) is 0.438. The summed E-state index contributed by atoms with van der Waals surface area (Å²) in [4.78, 5) is 34.3. The molecule has 9 heteroatoms. The molecule has 0 atom stereocenters. The quantitative estimate of drug-likeness (QED) is 0.239. The van der Waals surface area contributed by atoms with Crippen LogP contribution >= 0.6 is 11.3 Å². The number of amides is 2. The van der Waals surface area contributed by atoms with Crippen LogP contribution < -0.4 is 4.74 Å². The van der Waals surface area contributed by atoms with E-state index in [1.54, 1.807) is 45.4 Å². The molecule has 0 aliphatic carbocycles. The van der Waals surface area contributed by atoms with Crippen molar-refractivity contribution in [1.29, 1.82) is 0 Å². The maximum absolute atomic E-state index is 13.9. The molecule has 0 radical (unpaired) electrons. The minimum absolute atomic E-state index is 0.0520. The fourth-order valence-corrected chi connectivity index (χ4v) is 5.52. The predicted octanol–water partition coefficient (Wildman–Crippen LogP) is 5.38. The maximum atomic E-state index is 13.9. The molecule has 1 aliphatic heterocycles. The van der Waals surface area contributed by atoms with E-state index < -0.39 is 0 Å². The number of rotatable bonds is 14. The Labute approximate surface area is 246 Å². The molecule has 220 valence electrons. The first-order valence-electron chi connectivity index (χ1n) is 14.3. The van der Waals surface area contributed by atoms with Gasteiger partial charge in [-0.2, -0.15) is 0 Å². The van der Waals surface area contributed by atoms with Gasteiger partial charge in [0, 0.05) is 43.2 Å². The van der Waals surface area contributed by atoms with Crippen LogP contribution in [-0.4, -0.2) is 79.1 Å². The number of carbonyl (C=O) groups is 2. The number of unbranched alkanes of at least 4 members (excludes halogenated alkanes) is 1. The van der Waals surface area contributed by atoms with Crippen LogP contribution in [0, 0.1) is 12.7 Å². The number of carbonyl (C=O) groups excluding carboxylic acids is 2. The van der Waals surface area contributed by atoms with Gasteiger partial charge in [0.15, 0.2) is 0 Å². The van der Waals surface area contributed by atoms with Crippen LogP contribution in [0.4, 0.5) is 4.39 Å². The molecular weight excluding hydrogens is 541 g/mol. The molecule has 0 saturated carbocycles. The van der Waals surface area contributed by atoms with Gasteiger partial charge in [0.1, 0.15) is 18.1 Å². The summed E-state index contributed by atoms with van der Waals surface area (Å²) in [5, 5.41) is 2.01. The van der Waals surface area contributed by atoms with E-state index in [0.29, 0.717) is 51.6 Å². The molecule has 1 aromatic heterocycles. The molecule has 2 amide bonds. The van der Waals surface area contributed by atoms with E-state index >= 15 is 0 Å². The summed E-state index contributed by atoms with van der Waals surface area (Å²) in [6.45, 7) is 9.48. The van der Waals surface area contributed by atoms with Crippen molar-refractivity contribution in [2.75, 3.05) is 52.5 Å². The average Bonchev–Trinajstić information content (AvgIpc) is 3.40. The second-order valence-electron chi connectivity index (χ2n) is 10.3. The highest BCUT2D eigenvalue weighted by atomic mass is 32.1. The van der Waals surface area contributed by atoms with Gasteiger partial charge in [-0.15, -0.1) is 11.3 Å². The molecule has 3 aromatic rings. The molecule has 7 nitrogen and oxygen atoms in total. The predicted molar refractivity (Wildman–Crippen MR) is 160 cm³/mol. The van der Waals surface area contributed by atoms with Gasteiger partial charge in [-0.05, 0) is 72.3 Å². The van der Waals surface area contributed by atoms with Crippen LogP contribution in [0.1, 0.15) is 46.1 Å². The zero-order valence-corrected chi connectivity index (χ0v) is 24.8. The summed E-state index contributed by atoms with van der Waals surface area (Å²) in [6, 6.07) is 15.4. The van der Waals surface area contributed by atoms with Gasteiger partial charge in [-0.3, -0.25) is 14.5 Å².